The Hall–Kier alpha value is -2.97. The number of piperidine rings is 1. The van der Waals surface area contributed by atoms with Crippen LogP contribution in [0.1, 0.15) is 50.9 Å². The number of nitrogens with one attached hydrogen (secondary N) is 1. The molecule has 2 amide bonds. The summed E-state index contributed by atoms with van der Waals surface area (Å²) in [5, 5.41) is 12.7. The zero-order valence-corrected chi connectivity index (χ0v) is 19.2. The van der Waals surface area contributed by atoms with Gasteiger partial charge in [-0.2, -0.15) is 0 Å². The number of carbonyl (C=O) groups excluding carboxylic acids is 2. The van der Waals surface area contributed by atoms with Crippen LogP contribution in [-0.4, -0.2) is 46.6 Å². The summed E-state index contributed by atoms with van der Waals surface area (Å²) in [6.45, 7) is 3.76. The molecule has 0 radical (unpaired) electrons. The maximum Gasteiger partial charge on any atom is 0.286 e. The number of benzene rings is 2. The van der Waals surface area contributed by atoms with Crippen LogP contribution < -0.4 is 10.1 Å². The van der Waals surface area contributed by atoms with Gasteiger partial charge in [0, 0.05) is 35.3 Å². The van der Waals surface area contributed by atoms with E-state index in [4.69, 9.17) is 16.3 Å². The molecule has 1 saturated heterocycles. The first kappa shape index (κ1) is 22.2. The number of hydrogen-bond acceptors (Lipinski definition) is 6. The molecular formula is C23H23ClN4O3S. The Labute approximate surface area is 195 Å². The summed E-state index contributed by atoms with van der Waals surface area (Å²) >= 11 is 7.24. The number of amides is 2. The van der Waals surface area contributed by atoms with E-state index in [1.165, 1.54) is 11.3 Å². The normalized spacial score (nSPS) is 15.9. The van der Waals surface area contributed by atoms with E-state index in [0.29, 0.717) is 36.0 Å². The predicted molar refractivity (Wildman–Crippen MR) is 125 cm³/mol. The van der Waals surface area contributed by atoms with E-state index in [1.54, 1.807) is 36.4 Å². The van der Waals surface area contributed by atoms with E-state index >= 15 is 0 Å². The number of carbonyl (C=O) groups is 2. The van der Waals surface area contributed by atoms with Crippen molar-refractivity contribution in [1.29, 1.82) is 0 Å². The number of nitrogens with zero attached hydrogens (tertiary/aromatic N) is 3. The van der Waals surface area contributed by atoms with E-state index in [2.05, 4.69) is 15.5 Å². The van der Waals surface area contributed by atoms with Crippen LogP contribution in [0, 0.1) is 0 Å². The number of rotatable bonds is 6. The summed E-state index contributed by atoms with van der Waals surface area (Å²) in [6, 6.07) is 14.1. The third-order valence-electron chi connectivity index (χ3n) is 5.19. The lowest BCUT2D eigenvalue weighted by atomic mass is 9.98. The van der Waals surface area contributed by atoms with Gasteiger partial charge in [-0.1, -0.05) is 29.0 Å². The smallest absolute Gasteiger partial charge is 0.286 e. The Morgan fingerprint density at radius 1 is 1.22 bits per heavy atom. The Balaban J connectivity index is 1.40. The maximum absolute atomic E-state index is 13.0. The molecule has 0 unspecified atom stereocenters. The molecule has 2 aromatic carbocycles. The number of anilines is 1. The SMILES string of the molecule is CCOc1ccc(C(=O)N2CCC[C@@H](c3nnc(C(=O)Nc4cccc(Cl)c4)s3)C2)cc1. The molecule has 9 heteroatoms. The van der Waals surface area contributed by atoms with Crippen molar-refractivity contribution >= 4 is 40.4 Å². The molecule has 0 aliphatic carbocycles. The molecule has 3 aromatic rings. The molecule has 4 rings (SSSR count). The standard InChI is InChI=1S/C23H23ClN4O3S/c1-2-31-19-10-8-15(9-11-19)23(30)28-12-4-5-16(14-28)21-26-27-22(32-21)20(29)25-18-7-3-6-17(24)13-18/h3,6-11,13,16H,2,4-5,12,14H2,1H3,(H,25,29)/t16-/m1/s1. The van der Waals surface area contributed by atoms with Gasteiger partial charge >= 0.3 is 0 Å². The average molecular weight is 471 g/mol. The molecular weight excluding hydrogens is 448 g/mol. The van der Waals surface area contributed by atoms with E-state index in [-0.39, 0.29) is 22.7 Å². The van der Waals surface area contributed by atoms with Crippen molar-refractivity contribution in [3.05, 3.63) is 69.1 Å². The molecule has 1 aliphatic heterocycles. The topological polar surface area (TPSA) is 84.4 Å². The Kier molecular flexibility index (Phi) is 7.02. The van der Waals surface area contributed by atoms with Crippen molar-refractivity contribution < 1.29 is 14.3 Å². The van der Waals surface area contributed by atoms with Gasteiger partial charge in [-0.15, -0.1) is 10.2 Å². The van der Waals surface area contributed by atoms with Crippen molar-refractivity contribution in [1.82, 2.24) is 15.1 Å². The largest absolute Gasteiger partial charge is 0.494 e. The summed E-state index contributed by atoms with van der Waals surface area (Å²) in [5.74, 6) is 0.467. The maximum atomic E-state index is 13.0. The molecule has 1 aromatic heterocycles. The molecule has 1 atom stereocenters. The van der Waals surface area contributed by atoms with Crippen LogP contribution in [0.2, 0.25) is 5.02 Å². The second kappa shape index (κ2) is 10.1. The summed E-state index contributed by atoms with van der Waals surface area (Å²) < 4.78 is 5.45. The average Bonchev–Trinajstić information content (AvgIpc) is 3.30. The van der Waals surface area contributed by atoms with Crippen LogP contribution in [-0.2, 0) is 0 Å². The minimum absolute atomic E-state index is 0.0128. The monoisotopic (exact) mass is 470 g/mol. The molecule has 7 nitrogen and oxygen atoms in total. The summed E-state index contributed by atoms with van der Waals surface area (Å²) in [7, 11) is 0. The van der Waals surface area contributed by atoms with Crippen molar-refractivity contribution in [3.8, 4) is 5.75 Å². The number of halogens is 1. The molecule has 0 bridgehead atoms. The highest BCUT2D eigenvalue weighted by Gasteiger charge is 2.28. The Bertz CT molecular complexity index is 1100. The summed E-state index contributed by atoms with van der Waals surface area (Å²) in [6.07, 6.45) is 1.77. The Morgan fingerprint density at radius 2 is 2.03 bits per heavy atom. The highest BCUT2D eigenvalue weighted by Crippen LogP contribution is 2.30. The lowest BCUT2D eigenvalue weighted by molar-refractivity contribution is 0.0706. The van der Waals surface area contributed by atoms with Crippen molar-refractivity contribution in [2.24, 2.45) is 0 Å². The first-order valence-electron chi connectivity index (χ1n) is 10.5. The van der Waals surface area contributed by atoms with E-state index in [9.17, 15) is 9.59 Å². The van der Waals surface area contributed by atoms with Gasteiger partial charge in [-0.05, 0) is 62.2 Å². The third-order valence-corrected chi connectivity index (χ3v) is 6.51. The quantitative estimate of drug-likeness (QED) is 0.556. The number of hydrogen-bond donors (Lipinski definition) is 1. The van der Waals surface area contributed by atoms with Crippen LogP contribution in [0.5, 0.6) is 5.75 Å². The fourth-order valence-corrected chi connectivity index (χ4v) is 4.70. The van der Waals surface area contributed by atoms with Gasteiger partial charge in [-0.25, -0.2) is 0 Å². The fraction of sp³-hybridized carbons (Fsp3) is 0.304. The molecule has 0 spiro atoms. The molecule has 0 saturated carbocycles. The molecule has 1 fully saturated rings. The van der Waals surface area contributed by atoms with Gasteiger partial charge in [0.25, 0.3) is 11.8 Å². The summed E-state index contributed by atoms with van der Waals surface area (Å²) in [4.78, 5) is 27.3. The molecule has 1 aliphatic rings. The zero-order chi connectivity index (χ0) is 22.5. The van der Waals surface area contributed by atoms with Crippen molar-refractivity contribution in [2.75, 3.05) is 25.0 Å². The van der Waals surface area contributed by atoms with Crippen molar-refractivity contribution in [3.63, 3.8) is 0 Å². The van der Waals surface area contributed by atoms with E-state index in [1.807, 2.05) is 24.0 Å². The third kappa shape index (κ3) is 5.26. The highest BCUT2D eigenvalue weighted by molar-refractivity contribution is 7.13. The number of likely N-dealkylation sites (tertiary alicyclic amines) is 1. The van der Waals surface area contributed by atoms with Gasteiger partial charge in [-0.3, -0.25) is 9.59 Å². The molecule has 1 N–H and O–H groups in total. The first-order valence-corrected chi connectivity index (χ1v) is 11.7. The lowest BCUT2D eigenvalue weighted by Crippen LogP contribution is -2.39. The van der Waals surface area contributed by atoms with Crippen LogP contribution in [0.3, 0.4) is 0 Å². The van der Waals surface area contributed by atoms with Crippen LogP contribution in [0.15, 0.2) is 48.5 Å². The number of aromatic nitrogens is 2. The second-order valence-corrected chi connectivity index (χ2v) is 8.90. The van der Waals surface area contributed by atoms with Gasteiger partial charge in [0.1, 0.15) is 10.8 Å². The summed E-state index contributed by atoms with van der Waals surface area (Å²) in [5.41, 5.74) is 1.23. The minimum atomic E-state index is -0.325. The van der Waals surface area contributed by atoms with Crippen molar-refractivity contribution in [2.45, 2.75) is 25.7 Å². The number of ether oxygens (including phenoxy) is 1. The van der Waals surface area contributed by atoms with Gasteiger partial charge in [0.05, 0.1) is 6.61 Å². The van der Waals surface area contributed by atoms with E-state index < -0.39 is 0 Å². The van der Waals surface area contributed by atoms with Gasteiger partial charge < -0.3 is 15.0 Å². The highest BCUT2D eigenvalue weighted by atomic mass is 35.5. The van der Waals surface area contributed by atoms with Crippen LogP contribution in [0.25, 0.3) is 0 Å². The zero-order valence-electron chi connectivity index (χ0n) is 17.6. The van der Waals surface area contributed by atoms with Crippen LogP contribution in [0.4, 0.5) is 5.69 Å². The van der Waals surface area contributed by atoms with Crippen LogP contribution >= 0.6 is 22.9 Å². The van der Waals surface area contributed by atoms with E-state index in [0.717, 1.165) is 23.6 Å². The predicted octanol–water partition coefficient (Wildman–Crippen LogP) is 4.86. The van der Waals surface area contributed by atoms with Gasteiger partial charge in [0.15, 0.2) is 0 Å². The fourth-order valence-electron chi connectivity index (χ4n) is 3.65. The molecule has 166 valence electrons. The molecule has 32 heavy (non-hydrogen) atoms. The second-order valence-electron chi connectivity index (χ2n) is 7.46. The first-order chi connectivity index (χ1) is 15.5. The molecule has 2 heterocycles. The lowest BCUT2D eigenvalue weighted by Gasteiger charge is -2.31. The van der Waals surface area contributed by atoms with Gasteiger partial charge in [0.2, 0.25) is 5.01 Å². The minimum Gasteiger partial charge on any atom is -0.494 e. The Morgan fingerprint density at radius 3 is 2.78 bits per heavy atom.